The van der Waals surface area contributed by atoms with E-state index in [0.717, 1.165) is 49.7 Å². The van der Waals surface area contributed by atoms with Crippen molar-refractivity contribution in [2.45, 2.75) is 49.4 Å². The van der Waals surface area contributed by atoms with Gasteiger partial charge in [0.1, 0.15) is 11.5 Å². The highest BCUT2D eigenvalue weighted by Gasteiger charge is 2.52. The molecule has 0 radical (unpaired) electrons. The van der Waals surface area contributed by atoms with Gasteiger partial charge in [-0.2, -0.15) is 0 Å². The van der Waals surface area contributed by atoms with Gasteiger partial charge in [0.15, 0.2) is 0 Å². The molecule has 3 aliphatic carbocycles. The van der Waals surface area contributed by atoms with Crippen LogP contribution in [-0.4, -0.2) is 36.4 Å². The number of rotatable bonds is 6. The SMILES string of the molecule is COc1ccc(C(=O)O)c(C23CCC(c4cc(OC)ccc4C(=O)O)(CC2)CC3)c1. The van der Waals surface area contributed by atoms with Gasteiger partial charge < -0.3 is 19.7 Å². The summed E-state index contributed by atoms with van der Waals surface area (Å²) < 4.78 is 10.7. The molecule has 2 aromatic carbocycles. The van der Waals surface area contributed by atoms with Crippen LogP contribution in [-0.2, 0) is 10.8 Å². The average molecular weight is 410 g/mol. The topological polar surface area (TPSA) is 93.1 Å². The number of fused-ring (bicyclic) bond motifs is 3. The van der Waals surface area contributed by atoms with Crippen molar-refractivity contribution in [3.8, 4) is 11.5 Å². The minimum Gasteiger partial charge on any atom is -0.497 e. The van der Waals surface area contributed by atoms with Crippen molar-refractivity contribution < 1.29 is 29.3 Å². The highest BCUT2D eigenvalue weighted by atomic mass is 16.5. The van der Waals surface area contributed by atoms with E-state index in [-0.39, 0.29) is 10.8 Å². The largest absolute Gasteiger partial charge is 0.497 e. The van der Waals surface area contributed by atoms with Crippen LogP contribution in [0.3, 0.4) is 0 Å². The summed E-state index contributed by atoms with van der Waals surface area (Å²) in [6.45, 7) is 0. The molecule has 2 bridgehead atoms. The average Bonchev–Trinajstić information content (AvgIpc) is 2.79. The van der Waals surface area contributed by atoms with Crippen molar-refractivity contribution in [1.29, 1.82) is 0 Å². The lowest BCUT2D eigenvalue weighted by Gasteiger charge is -2.54. The fraction of sp³-hybridized carbons (Fsp3) is 0.417. The van der Waals surface area contributed by atoms with Gasteiger partial charge >= 0.3 is 11.9 Å². The molecule has 0 heterocycles. The molecule has 30 heavy (non-hydrogen) atoms. The predicted molar refractivity (Wildman–Crippen MR) is 111 cm³/mol. The zero-order valence-electron chi connectivity index (χ0n) is 17.2. The number of carbonyl (C=O) groups is 2. The lowest BCUT2D eigenvalue weighted by Crippen LogP contribution is -2.47. The molecule has 0 atom stereocenters. The maximum Gasteiger partial charge on any atom is 0.335 e. The number of carboxylic acid groups (broad SMARTS) is 2. The summed E-state index contributed by atoms with van der Waals surface area (Å²) in [6, 6.07) is 10.4. The van der Waals surface area contributed by atoms with Crippen LogP contribution >= 0.6 is 0 Å². The van der Waals surface area contributed by atoms with Crippen LogP contribution in [0.15, 0.2) is 36.4 Å². The second-order valence-corrected chi connectivity index (χ2v) is 8.49. The monoisotopic (exact) mass is 410 g/mol. The Morgan fingerprint density at radius 1 is 0.700 bits per heavy atom. The van der Waals surface area contributed by atoms with E-state index in [0.29, 0.717) is 22.6 Å². The number of aromatic carboxylic acids is 2. The van der Waals surface area contributed by atoms with Crippen LogP contribution in [0.4, 0.5) is 0 Å². The molecular weight excluding hydrogens is 384 g/mol. The third kappa shape index (κ3) is 3.11. The molecule has 0 aliphatic heterocycles. The van der Waals surface area contributed by atoms with Gasteiger partial charge in [-0.15, -0.1) is 0 Å². The first-order valence-corrected chi connectivity index (χ1v) is 10.2. The number of ether oxygens (including phenoxy) is 2. The molecule has 0 spiro atoms. The van der Waals surface area contributed by atoms with Crippen LogP contribution in [0.5, 0.6) is 11.5 Å². The summed E-state index contributed by atoms with van der Waals surface area (Å²) in [4.78, 5) is 23.8. The molecule has 6 nitrogen and oxygen atoms in total. The summed E-state index contributed by atoms with van der Waals surface area (Å²) in [5.74, 6) is -0.531. The Bertz CT molecular complexity index is 903. The first kappa shape index (κ1) is 20.3. The first-order chi connectivity index (χ1) is 14.3. The molecule has 3 aliphatic rings. The summed E-state index contributed by atoms with van der Waals surface area (Å²) in [7, 11) is 3.17. The molecule has 158 valence electrons. The third-order valence-electron chi connectivity index (χ3n) is 7.30. The Labute approximate surface area is 175 Å². The van der Waals surface area contributed by atoms with E-state index >= 15 is 0 Å². The van der Waals surface area contributed by atoms with Crippen molar-refractivity contribution in [3.63, 3.8) is 0 Å². The van der Waals surface area contributed by atoms with E-state index in [4.69, 9.17) is 9.47 Å². The Morgan fingerprint density at radius 3 is 1.30 bits per heavy atom. The van der Waals surface area contributed by atoms with Crippen LogP contribution in [0.2, 0.25) is 0 Å². The van der Waals surface area contributed by atoms with Gasteiger partial charge in [-0.25, -0.2) is 9.59 Å². The number of carboxylic acids is 2. The van der Waals surface area contributed by atoms with Crippen LogP contribution in [0.1, 0.15) is 70.4 Å². The van der Waals surface area contributed by atoms with E-state index in [1.807, 2.05) is 12.1 Å². The molecule has 5 rings (SSSR count). The molecule has 2 aromatic rings. The van der Waals surface area contributed by atoms with Crippen molar-refractivity contribution in [2.24, 2.45) is 0 Å². The molecule has 0 unspecified atom stereocenters. The molecule has 6 heteroatoms. The normalized spacial score (nSPS) is 25.0. The Balaban J connectivity index is 1.73. The van der Waals surface area contributed by atoms with E-state index < -0.39 is 11.9 Å². The Hall–Kier alpha value is -3.02. The van der Waals surface area contributed by atoms with Crippen LogP contribution in [0.25, 0.3) is 0 Å². The Kier molecular flexibility index (Phi) is 4.96. The molecule has 2 N–H and O–H groups in total. The third-order valence-corrected chi connectivity index (χ3v) is 7.30. The molecule has 0 amide bonds. The minimum absolute atomic E-state index is 0.216. The maximum absolute atomic E-state index is 11.9. The number of hydrogen-bond acceptors (Lipinski definition) is 4. The van der Waals surface area contributed by atoms with E-state index in [2.05, 4.69) is 0 Å². The molecule has 0 saturated heterocycles. The van der Waals surface area contributed by atoms with E-state index in [9.17, 15) is 19.8 Å². The van der Waals surface area contributed by atoms with Gasteiger partial charge in [0, 0.05) is 0 Å². The van der Waals surface area contributed by atoms with Crippen molar-refractivity contribution >= 4 is 11.9 Å². The van der Waals surface area contributed by atoms with Crippen molar-refractivity contribution in [1.82, 2.24) is 0 Å². The quantitative estimate of drug-likeness (QED) is 0.720. The van der Waals surface area contributed by atoms with Gasteiger partial charge in [0.05, 0.1) is 25.3 Å². The number of hydrogen-bond donors (Lipinski definition) is 2. The second-order valence-electron chi connectivity index (χ2n) is 8.49. The lowest BCUT2D eigenvalue weighted by molar-refractivity contribution is 0.0655. The summed E-state index contributed by atoms with van der Waals surface area (Å²) in [5.41, 5.74) is 1.91. The molecule has 0 aromatic heterocycles. The number of methoxy groups -OCH3 is 2. The highest BCUT2D eigenvalue weighted by Crippen LogP contribution is 2.60. The van der Waals surface area contributed by atoms with E-state index in [1.54, 1.807) is 38.5 Å². The maximum atomic E-state index is 11.9. The van der Waals surface area contributed by atoms with Gasteiger partial charge in [-0.3, -0.25) is 0 Å². The van der Waals surface area contributed by atoms with Crippen LogP contribution < -0.4 is 9.47 Å². The van der Waals surface area contributed by atoms with Gasteiger partial charge in [-0.1, -0.05) is 0 Å². The van der Waals surface area contributed by atoms with Crippen LogP contribution in [0, 0.1) is 0 Å². The zero-order chi connectivity index (χ0) is 21.5. The highest BCUT2D eigenvalue weighted by molar-refractivity contribution is 5.91. The number of benzene rings is 2. The molecule has 3 fully saturated rings. The smallest absolute Gasteiger partial charge is 0.335 e. The van der Waals surface area contributed by atoms with Gasteiger partial charge in [-0.05, 0) is 96.9 Å². The van der Waals surface area contributed by atoms with Gasteiger partial charge in [0.2, 0.25) is 0 Å². The fourth-order valence-corrected chi connectivity index (χ4v) is 5.54. The predicted octanol–water partition coefficient (Wildman–Crippen LogP) is 4.64. The van der Waals surface area contributed by atoms with Crippen molar-refractivity contribution in [3.05, 3.63) is 58.7 Å². The van der Waals surface area contributed by atoms with Crippen molar-refractivity contribution in [2.75, 3.05) is 14.2 Å². The van der Waals surface area contributed by atoms with E-state index in [1.165, 1.54) is 0 Å². The zero-order valence-corrected chi connectivity index (χ0v) is 17.2. The standard InChI is InChI=1S/C24H26O6/c1-29-15-3-5-17(21(25)26)19(13-15)23-7-10-24(11-8-23,12-9-23)20-14-16(30-2)4-6-18(20)22(27)28/h3-6,13-14H,7-12H2,1-2H3,(H,25,26)(H,27,28). The summed E-state index contributed by atoms with van der Waals surface area (Å²) >= 11 is 0. The summed E-state index contributed by atoms with van der Waals surface area (Å²) in [5, 5.41) is 19.5. The molecular formula is C24H26O6. The minimum atomic E-state index is -0.926. The van der Waals surface area contributed by atoms with Gasteiger partial charge in [0.25, 0.3) is 0 Å². The fourth-order valence-electron chi connectivity index (χ4n) is 5.54. The first-order valence-electron chi connectivity index (χ1n) is 10.2. The summed E-state index contributed by atoms with van der Waals surface area (Å²) in [6.07, 6.45) is 4.90. The second kappa shape index (κ2) is 7.35. The Morgan fingerprint density at radius 2 is 1.03 bits per heavy atom. The lowest BCUT2D eigenvalue weighted by atomic mass is 9.49. The molecule has 3 saturated carbocycles.